The molecule has 1 aliphatic heterocycles. The number of alkyl halides is 3. The van der Waals surface area contributed by atoms with E-state index < -0.39 is 11.7 Å². The molecule has 0 N–H and O–H groups in total. The van der Waals surface area contributed by atoms with Gasteiger partial charge in [0.25, 0.3) is 0 Å². The largest absolute Gasteiger partial charge is 0.416 e. The zero-order valence-corrected chi connectivity index (χ0v) is 16.4. The fourth-order valence-corrected chi connectivity index (χ4v) is 3.57. The molecule has 1 saturated heterocycles. The zero-order valence-electron chi connectivity index (χ0n) is 16.4. The molecule has 1 fully saturated rings. The number of hydrogen-bond acceptors (Lipinski definition) is 3. The Morgan fingerprint density at radius 3 is 2.67 bits per heavy atom. The maximum absolute atomic E-state index is 12.8. The third-order valence-electron chi connectivity index (χ3n) is 5.05. The van der Waals surface area contributed by atoms with E-state index >= 15 is 0 Å². The van der Waals surface area contributed by atoms with Gasteiger partial charge in [0.1, 0.15) is 0 Å². The third-order valence-corrected chi connectivity index (χ3v) is 5.05. The molecule has 1 heterocycles. The molecule has 0 spiro atoms. The summed E-state index contributed by atoms with van der Waals surface area (Å²) in [5.41, 5.74) is 0.143. The molecule has 27 heavy (non-hydrogen) atoms. The topological polar surface area (TPSA) is 26.8 Å². The summed E-state index contributed by atoms with van der Waals surface area (Å²) in [5, 5.41) is 0. The van der Waals surface area contributed by atoms with Gasteiger partial charge in [-0.2, -0.15) is 13.2 Å². The van der Waals surface area contributed by atoms with Crippen molar-refractivity contribution in [3.63, 3.8) is 0 Å². The van der Waals surface area contributed by atoms with Crippen LogP contribution in [-0.2, 0) is 17.4 Å². The first-order valence-electron chi connectivity index (χ1n) is 9.42. The van der Waals surface area contributed by atoms with Gasteiger partial charge in [-0.25, -0.2) is 0 Å². The Bertz CT molecular complexity index is 619. The van der Waals surface area contributed by atoms with Crippen molar-refractivity contribution in [2.75, 3.05) is 53.9 Å². The first-order chi connectivity index (χ1) is 12.6. The second-order valence-corrected chi connectivity index (χ2v) is 7.74. The predicted molar refractivity (Wildman–Crippen MR) is 101 cm³/mol. The van der Waals surface area contributed by atoms with Crippen molar-refractivity contribution >= 4 is 5.91 Å². The highest BCUT2D eigenvalue weighted by Crippen LogP contribution is 2.29. The Morgan fingerprint density at radius 2 is 2.00 bits per heavy atom. The molecule has 0 radical (unpaired) electrons. The highest BCUT2D eigenvalue weighted by molar-refractivity contribution is 5.77. The predicted octanol–water partition coefficient (Wildman–Crippen LogP) is 2.98. The van der Waals surface area contributed by atoms with Gasteiger partial charge in [-0.3, -0.25) is 9.69 Å². The van der Waals surface area contributed by atoms with Crippen LogP contribution in [0.25, 0.3) is 0 Å². The number of piperidine rings is 1. The van der Waals surface area contributed by atoms with Crippen molar-refractivity contribution < 1.29 is 18.0 Å². The number of rotatable bonds is 7. The lowest BCUT2D eigenvalue weighted by Crippen LogP contribution is -2.43. The van der Waals surface area contributed by atoms with Gasteiger partial charge in [-0.05, 0) is 50.4 Å². The summed E-state index contributed by atoms with van der Waals surface area (Å²) in [5.74, 6) is 0.579. The molecule has 0 aromatic heterocycles. The molecule has 4 nitrogen and oxygen atoms in total. The highest BCUT2D eigenvalue weighted by atomic mass is 19.4. The number of hydrogen-bond donors (Lipinski definition) is 0. The summed E-state index contributed by atoms with van der Waals surface area (Å²) >= 11 is 0. The van der Waals surface area contributed by atoms with Crippen LogP contribution >= 0.6 is 0 Å². The number of halogens is 3. The van der Waals surface area contributed by atoms with Gasteiger partial charge in [-0.15, -0.1) is 0 Å². The molecule has 2 rings (SSSR count). The van der Waals surface area contributed by atoms with E-state index in [0.717, 1.165) is 50.7 Å². The molecule has 0 bridgehead atoms. The molecule has 1 aromatic rings. The average Bonchev–Trinajstić information content (AvgIpc) is 2.59. The molecule has 0 aliphatic carbocycles. The van der Waals surface area contributed by atoms with Crippen molar-refractivity contribution in [1.82, 2.24) is 14.7 Å². The van der Waals surface area contributed by atoms with Crippen molar-refractivity contribution in [1.29, 1.82) is 0 Å². The van der Waals surface area contributed by atoms with Gasteiger partial charge in [0.15, 0.2) is 0 Å². The molecule has 0 saturated carbocycles. The fraction of sp³-hybridized carbons (Fsp3) is 0.650. The normalized spacial score (nSPS) is 18.7. The van der Waals surface area contributed by atoms with Gasteiger partial charge in [0.2, 0.25) is 5.91 Å². The van der Waals surface area contributed by atoms with E-state index in [-0.39, 0.29) is 5.91 Å². The summed E-state index contributed by atoms with van der Waals surface area (Å²) < 4.78 is 38.5. The number of benzene rings is 1. The molecular weight excluding hydrogens is 355 g/mol. The smallest absolute Gasteiger partial charge is 0.348 e. The second kappa shape index (κ2) is 9.55. The fourth-order valence-electron chi connectivity index (χ4n) is 3.57. The number of nitrogens with zero attached hydrogens (tertiary/aromatic N) is 3. The highest BCUT2D eigenvalue weighted by Gasteiger charge is 2.30. The lowest BCUT2D eigenvalue weighted by atomic mass is 9.97. The van der Waals surface area contributed by atoms with E-state index in [4.69, 9.17) is 0 Å². The van der Waals surface area contributed by atoms with Crippen molar-refractivity contribution in [2.45, 2.75) is 25.4 Å². The second-order valence-electron chi connectivity index (χ2n) is 7.74. The van der Waals surface area contributed by atoms with Crippen LogP contribution in [0.2, 0.25) is 0 Å². The van der Waals surface area contributed by atoms with E-state index in [1.54, 1.807) is 25.1 Å². The van der Waals surface area contributed by atoms with Crippen molar-refractivity contribution in [2.24, 2.45) is 5.92 Å². The van der Waals surface area contributed by atoms with Crippen LogP contribution in [0, 0.1) is 5.92 Å². The van der Waals surface area contributed by atoms with Crippen LogP contribution in [0.1, 0.15) is 24.0 Å². The SMILES string of the molecule is CN(CC(=O)N(C)C)C[C@H]1CCCN(CCc2cccc(C(F)(F)F)c2)C1. The maximum Gasteiger partial charge on any atom is 0.416 e. The first kappa shape index (κ1) is 21.7. The third kappa shape index (κ3) is 7.14. The minimum Gasteiger partial charge on any atom is -0.348 e. The van der Waals surface area contributed by atoms with Gasteiger partial charge >= 0.3 is 6.18 Å². The number of carbonyl (C=O) groups is 1. The van der Waals surface area contributed by atoms with Crippen LogP contribution in [0.4, 0.5) is 13.2 Å². The minimum absolute atomic E-state index is 0.0923. The quantitative estimate of drug-likeness (QED) is 0.722. The molecule has 152 valence electrons. The summed E-state index contributed by atoms with van der Waals surface area (Å²) in [7, 11) is 5.47. The monoisotopic (exact) mass is 385 g/mol. The lowest BCUT2D eigenvalue weighted by Gasteiger charge is -2.34. The van der Waals surface area contributed by atoms with Crippen LogP contribution in [-0.4, -0.2) is 74.5 Å². The van der Waals surface area contributed by atoms with E-state index in [1.165, 1.54) is 12.1 Å². The van der Waals surface area contributed by atoms with Gasteiger partial charge < -0.3 is 9.80 Å². The maximum atomic E-state index is 12.8. The van der Waals surface area contributed by atoms with E-state index in [2.05, 4.69) is 9.80 Å². The van der Waals surface area contributed by atoms with E-state index in [1.807, 2.05) is 7.05 Å². The number of likely N-dealkylation sites (N-methyl/N-ethyl adjacent to an activating group) is 2. The van der Waals surface area contributed by atoms with Crippen molar-refractivity contribution in [3.8, 4) is 0 Å². The minimum atomic E-state index is -4.29. The Balaban J connectivity index is 1.82. The van der Waals surface area contributed by atoms with Crippen LogP contribution < -0.4 is 0 Å². The van der Waals surface area contributed by atoms with Crippen molar-refractivity contribution in [3.05, 3.63) is 35.4 Å². The summed E-state index contributed by atoms with van der Waals surface area (Å²) in [6.45, 7) is 3.95. The first-order valence-corrected chi connectivity index (χ1v) is 9.42. The standard InChI is InChI=1S/C20H30F3N3O/c1-24(2)19(27)15-25(3)13-17-7-5-10-26(14-17)11-9-16-6-4-8-18(12-16)20(21,22)23/h4,6,8,12,17H,5,7,9-11,13-15H2,1-3H3/t17-/m1/s1. The Hall–Kier alpha value is -1.60. The van der Waals surface area contributed by atoms with E-state index in [0.29, 0.717) is 18.9 Å². The molecular formula is C20H30F3N3O. The number of carbonyl (C=O) groups excluding carboxylic acids is 1. The summed E-state index contributed by atoms with van der Waals surface area (Å²) in [6.07, 6.45) is -1.46. The molecule has 1 atom stereocenters. The Kier molecular flexibility index (Phi) is 7.68. The van der Waals surface area contributed by atoms with E-state index in [9.17, 15) is 18.0 Å². The average molecular weight is 385 g/mol. The molecule has 1 aliphatic rings. The number of amides is 1. The van der Waals surface area contributed by atoms with Gasteiger partial charge in [-0.1, -0.05) is 18.2 Å². The summed E-state index contributed by atoms with van der Waals surface area (Å²) in [4.78, 5) is 17.8. The molecule has 1 amide bonds. The molecule has 0 unspecified atom stereocenters. The van der Waals surface area contributed by atoms with Gasteiger partial charge in [0, 0.05) is 33.7 Å². The molecule has 7 heteroatoms. The van der Waals surface area contributed by atoms with Gasteiger partial charge in [0.05, 0.1) is 12.1 Å². The number of likely N-dealkylation sites (tertiary alicyclic amines) is 1. The van der Waals surface area contributed by atoms with Crippen LogP contribution in [0.3, 0.4) is 0 Å². The molecule has 1 aromatic carbocycles. The zero-order chi connectivity index (χ0) is 20.0. The Labute approximate surface area is 159 Å². The summed E-state index contributed by atoms with van der Waals surface area (Å²) in [6, 6.07) is 5.61. The van der Waals surface area contributed by atoms with Crippen LogP contribution in [0.5, 0.6) is 0 Å². The van der Waals surface area contributed by atoms with Crippen LogP contribution in [0.15, 0.2) is 24.3 Å². The lowest BCUT2D eigenvalue weighted by molar-refractivity contribution is -0.137. The Morgan fingerprint density at radius 1 is 1.26 bits per heavy atom.